The molecule has 0 fully saturated rings. The van der Waals surface area contributed by atoms with E-state index in [0.29, 0.717) is 29.1 Å². The Bertz CT molecular complexity index is 991. The molecule has 0 aliphatic carbocycles. The number of rotatable bonds is 4. The van der Waals surface area contributed by atoms with E-state index >= 15 is 0 Å². The zero-order valence-corrected chi connectivity index (χ0v) is 14.2. The molecule has 1 amide bonds. The van der Waals surface area contributed by atoms with Crippen molar-refractivity contribution in [1.29, 1.82) is 0 Å². The van der Waals surface area contributed by atoms with Gasteiger partial charge in [-0.3, -0.25) is 19.3 Å². The van der Waals surface area contributed by atoms with E-state index in [0.717, 1.165) is 11.1 Å². The van der Waals surface area contributed by atoms with Crippen LogP contribution >= 0.6 is 0 Å². The minimum atomic E-state index is -0.482. The van der Waals surface area contributed by atoms with Gasteiger partial charge in [-0.2, -0.15) is 0 Å². The van der Waals surface area contributed by atoms with Gasteiger partial charge < -0.3 is 5.32 Å². The zero-order valence-electron chi connectivity index (χ0n) is 14.2. The van der Waals surface area contributed by atoms with Gasteiger partial charge in [-0.15, -0.1) is 0 Å². The predicted molar refractivity (Wildman–Crippen MR) is 95.1 cm³/mol. The second kappa shape index (κ2) is 6.35. The molecule has 0 unspecified atom stereocenters. The van der Waals surface area contributed by atoms with Crippen LogP contribution in [0.5, 0.6) is 0 Å². The first-order valence-electron chi connectivity index (χ1n) is 7.94. The largest absolute Gasteiger partial charge is 0.320 e. The molecule has 0 atom stereocenters. The number of carbonyl (C=O) groups excluding carboxylic acids is 1. The highest BCUT2D eigenvalue weighted by molar-refractivity contribution is 6.05. The lowest BCUT2D eigenvalue weighted by molar-refractivity contribution is -0.384. The molecule has 7 nitrogen and oxygen atoms in total. The van der Waals surface area contributed by atoms with Crippen molar-refractivity contribution >= 4 is 22.9 Å². The number of aryl methyl sites for hydroxylation is 3. The number of benzene rings is 1. The lowest BCUT2D eigenvalue weighted by Crippen LogP contribution is -2.17. The lowest BCUT2D eigenvalue weighted by Gasteiger charge is -2.09. The Morgan fingerprint density at radius 1 is 1.28 bits per heavy atom. The summed E-state index contributed by atoms with van der Waals surface area (Å²) in [6, 6.07) is 8.21. The van der Waals surface area contributed by atoms with Gasteiger partial charge >= 0.3 is 0 Å². The van der Waals surface area contributed by atoms with Crippen molar-refractivity contribution in [1.82, 2.24) is 9.38 Å². The van der Waals surface area contributed by atoms with Gasteiger partial charge in [0.05, 0.1) is 16.3 Å². The molecule has 1 aromatic carbocycles. The van der Waals surface area contributed by atoms with Gasteiger partial charge in [0.2, 0.25) is 0 Å². The summed E-state index contributed by atoms with van der Waals surface area (Å²) < 4.78 is 1.76. The van der Waals surface area contributed by atoms with Crippen LogP contribution in [-0.4, -0.2) is 20.2 Å². The Labute approximate surface area is 144 Å². The predicted octanol–water partition coefficient (Wildman–Crippen LogP) is 3.67. The van der Waals surface area contributed by atoms with Crippen LogP contribution in [0.1, 0.15) is 34.2 Å². The monoisotopic (exact) mass is 338 g/mol. The van der Waals surface area contributed by atoms with Crippen molar-refractivity contribution in [3.8, 4) is 0 Å². The molecule has 0 saturated carbocycles. The highest BCUT2D eigenvalue weighted by Gasteiger charge is 2.20. The second-order valence-electron chi connectivity index (χ2n) is 5.91. The van der Waals surface area contributed by atoms with Crippen LogP contribution in [-0.2, 0) is 6.42 Å². The van der Waals surface area contributed by atoms with Crippen molar-refractivity contribution in [3.63, 3.8) is 0 Å². The summed E-state index contributed by atoms with van der Waals surface area (Å²) in [5.74, 6) is -0.335. The maximum absolute atomic E-state index is 12.9. The first-order chi connectivity index (χ1) is 11.9. The van der Waals surface area contributed by atoms with Crippen LogP contribution in [0.2, 0.25) is 0 Å². The number of anilines is 1. The van der Waals surface area contributed by atoms with E-state index in [1.165, 1.54) is 12.1 Å². The minimum absolute atomic E-state index is 0.0643. The summed E-state index contributed by atoms with van der Waals surface area (Å²) in [4.78, 5) is 27.9. The highest BCUT2D eigenvalue weighted by atomic mass is 16.6. The number of carbonyl (C=O) groups is 1. The van der Waals surface area contributed by atoms with E-state index in [-0.39, 0.29) is 11.6 Å². The first kappa shape index (κ1) is 16.6. The van der Waals surface area contributed by atoms with Crippen molar-refractivity contribution in [2.75, 3.05) is 5.32 Å². The molecule has 0 aliphatic rings. The number of nitro benzene ring substituents is 1. The molecule has 0 aliphatic heterocycles. The van der Waals surface area contributed by atoms with Gasteiger partial charge in [0.15, 0.2) is 0 Å². The first-order valence-corrected chi connectivity index (χ1v) is 7.94. The molecule has 128 valence electrons. The van der Waals surface area contributed by atoms with Crippen molar-refractivity contribution in [2.24, 2.45) is 0 Å². The van der Waals surface area contributed by atoms with E-state index in [9.17, 15) is 14.9 Å². The standard InChI is InChI=1S/C18H18N4O3/c1-4-14-17(21-10-11(2)5-8-16(21)19-14)18(23)20-15-9-13(22(24)25)7-6-12(15)3/h5-10H,4H2,1-3H3,(H,20,23). The molecule has 2 aromatic heterocycles. The molecule has 0 bridgehead atoms. The van der Waals surface area contributed by atoms with E-state index < -0.39 is 4.92 Å². The molecular weight excluding hydrogens is 320 g/mol. The lowest BCUT2D eigenvalue weighted by atomic mass is 10.1. The summed E-state index contributed by atoms with van der Waals surface area (Å²) in [6.45, 7) is 5.67. The maximum atomic E-state index is 12.9. The second-order valence-corrected chi connectivity index (χ2v) is 5.91. The summed E-state index contributed by atoms with van der Waals surface area (Å²) in [6.07, 6.45) is 2.47. The molecule has 7 heteroatoms. The van der Waals surface area contributed by atoms with Crippen molar-refractivity contribution in [3.05, 3.63) is 69.2 Å². The van der Waals surface area contributed by atoms with Crippen molar-refractivity contribution in [2.45, 2.75) is 27.2 Å². The molecule has 1 N–H and O–H groups in total. The molecule has 0 spiro atoms. The number of pyridine rings is 1. The molecule has 3 rings (SSSR count). The third-order valence-electron chi connectivity index (χ3n) is 4.07. The molecule has 0 saturated heterocycles. The molecule has 3 aromatic rings. The number of nitrogens with zero attached hydrogens (tertiary/aromatic N) is 3. The zero-order chi connectivity index (χ0) is 18.1. The van der Waals surface area contributed by atoms with E-state index in [2.05, 4.69) is 10.3 Å². The summed E-state index contributed by atoms with van der Waals surface area (Å²) in [5.41, 5.74) is 3.95. The molecule has 2 heterocycles. The Morgan fingerprint density at radius 3 is 2.72 bits per heavy atom. The minimum Gasteiger partial charge on any atom is -0.320 e. The van der Waals surface area contributed by atoms with Crippen LogP contribution in [0.3, 0.4) is 0 Å². The molecular formula is C18H18N4O3. The van der Waals surface area contributed by atoms with Crippen LogP contribution in [0.15, 0.2) is 36.5 Å². The van der Waals surface area contributed by atoms with Crippen LogP contribution in [0.25, 0.3) is 5.65 Å². The number of hydrogen-bond acceptors (Lipinski definition) is 4. The highest BCUT2D eigenvalue weighted by Crippen LogP contribution is 2.23. The van der Waals surface area contributed by atoms with Gasteiger partial charge in [-0.05, 0) is 37.5 Å². The fourth-order valence-corrected chi connectivity index (χ4v) is 2.73. The third-order valence-corrected chi connectivity index (χ3v) is 4.07. The number of hydrogen-bond donors (Lipinski definition) is 1. The fraction of sp³-hybridized carbons (Fsp3) is 0.222. The number of aromatic nitrogens is 2. The van der Waals surface area contributed by atoms with Gasteiger partial charge in [-0.1, -0.05) is 19.1 Å². The Kier molecular flexibility index (Phi) is 4.22. The number of fused-ring (bicyclic) bond motifs is 1. The van der Waals surface area contributed by atoms with Crippen molar-refractivity contribution < 1.29 is 9.72 Å². The third kappa shape index (κ3) is 3.08. The van der Waals surface area contributed by atoms with Gasteiger partial charge in [-0.25, -0.2) is 4.98 Å². The normalized spacial score (nSPS) is 10.8. The summed E-state index contributed by atoms with van der Waals surface area (Å²) in [7, 11) is 0. The van der Waals surface area contributed by atoms with Crippen LogP contribution < -0.4 is 5.32 Å². The summed E-state index contributed by atoms with van der Waals surface area (Å²) in [5, 5.41) is 13.8. The molecule has 25 heavy (non-hydrogen) atoms. The topological polar surface area (TPSA) is 89.5 Å². The van der Waals surface area contributed by atoms with Gasteiger partial charge in [0, 0.05) is 18.3 Å². The number of nitro groups is 1. The van der Waals surface area contributed by atoms with E-state index in [1.807, 2.05) is 32.2 Å². The van der Waals surface area contributed by atoms with Crippen LogP contribution in [0, 0.1) is 24.0 Å². The Morgan fingerprint density at radius 2 is 2.04 bits per heavy atom. The fourth-order valence-electron chi connectivity index (χ4n) is 2.73. The average molecular weight is 338 g/mol. The summed E-state index contributed by atoms with van der Waals surface area (Å²) >= 11 is 0. The van der Waals surface area contributed by atoms with E-state index in [1.54, 1.807) is 17.4 Å². The SMILES string of the molecule is CCc1nc2ccc(C)cn2c1C(=O)Nc1cc([N+](=O)[O-])ccc1C. The quantitative estimate of drug-likeness (QED) is 0.580. The number of amides is 1. The smallest absolute Gasteiger partial charge is 0.274 e. The Hall–Kier alpha value is -3.22. The van der Waals surface area contributed by atoms with E-state index in [4.69, 9.17) is 0 Å². The van der Waals surface area contributed by atoms with Gasteiger partial charge in [0.1, 0.15) is 11.3 Å². The Balaban J connectivity index is 2.05. The maximum Gasteiger partial charge on any atom is 0.274 e. The number of imidazole rings is 1. The van der Waals surface area contributed by atoms with Crippen LogP contribution in [0.4, 0.5) is 11.4 Å². The van der Waals surface area contributed by atoms with Gasteiger partial charge in [0.25, 0.3) is 11.6 Å². The molecule has 0 radical (unpaired) electrons. The average Bonchev–Trinajstić information content (AvgIpc) is 2.94. The number of nitrogens with one attached hydrogen (secondary N) is 1. The number of non-ortho nitro benzene ring substituents is 1.